The fourth-order valence-corrected chi connectivity index (χ4v) is 4.71. The molecule has 2 aromatic carbocycles. The minimum Gasteiger partial charge on any atom is -0.308 e. The molecule has 0 saturated heterocycles. The first kappa shape index (κ1) is 22.7. The van der Waals surface area contributed by atoms with Crippen LogP contribution < -0.4 is 4.90 Å². The maximum absolute atomic E-state index is 13.5. The van der Waals surface area contributed by atoms with Crippen LogP contribution >= 0.6 is 35.5 Å². The van der Waals surface area contributed by atoms with Gasteiger partial charge in [-0.3, -0.25) is 9.69 Å². The zero-order chi connectivity index (χ0) is 19.4. The number of aryl methyl sites for hydroxylation is 1. The van der Waals surface area contributed by atoms with E-state index in [0.29, 0.717) is 6.54 Å². The zero-order valence-electron chi connectivity index (χ0n) is 16.6. The first-order valence-corrected chi connectivity index (χ1v) is 10.9. The monoisotopic (exact) mass is 435 g/mol. The molecular weight excluding hydrogens is 410 g/mol. The molecule has 0 saturated carbocycles. The Morgan fingerprint density at radius 2 is 1.86 bits per heavy atom. The summed E-state index contributed by atoms with van der Waals surface area (Å²) in [6, 6.07) is 14.0. The third kappa shape index (κ3) is 5.06. The van der Waals surface area contributed by atoms with Gasteiger partial charge in [-0.1, -0.05) is 42.5 Å². The number of hydrogen-bond donors (Lipinski definition) is 0. The number of thioether (sulfide) groups is 1. The molecular formula is C21H26ClN3OS2. The molecule has 1 aromatic heterocycles. The number of hydrogen-bond acceptors (Lipinski definition) is 5. The lowest BCUT2D eigenvalue weighted by Crippen LogP contribution is -2.37. The van der Waals surface area contributed by atoms with E-state index in [1.807, 2.05) is 49.3 Å². The van der Waals surface area contributed by atoms with Crippen molar-refractivity contribution in [3.05, 3.63) is 53.6 Å². The summed E-state index contributed by atoms with van der Waals surface area (Å²) in [4.78, 5) is 23.2. The fraction of sp³-hybridized carbons (Fsp3) is 0.333. The van der Waals surface area contributed by atoms with E-state index in [-0.39, 0.29) is 18.3 Å². The number of carbonyl (C=O) groups is 1. The second-order valence-electron chi connectivity index (χ2n) is 6.61. The Hall–Kier alpha value is -1.60. The molecule has 0 aliphatic carbocycles. The maximum atomic E-state index is 13.5. The van der Waals surface area contributed by atoms with Gasteiger partial charge in [0.15, 0.2) is 5.13 Å². The second-order valence-corrected chi connectivity index (χ2v) is 8.92. The Labute approximate surface area is 181 Å². The van der Waals surface area contributed by atoms with E-state index in [1.54, 1.807) is 23.1 Å². The molecule has 1 heterocycles. The van der Waals surface area contributed by atoms with E-state index in [9.17, 15) is 4.79 Å². The number of likely N-dealkylation sites (N-methyl/N-ethyl adjacent to an activating group) is 1. The summed E-state index contributed by atoms with van der Waals surface area (Å²) >= 11 is 3.28. The molecule has 0 fully saturated rings. The van der Waals surface area contributed by atoms with Crippen LogP contribution in [0, 0.1) is 6.92 Å². The minimum atomic E-state index is 0. The van der Waals surface area contributed by atoms with E-state index in [0.717, 1.165) is 43.7 Å². The van der Waals surface area contributed by atoms with Gasteiger partial charge in [-0.05, 0) is 50.5 Å². The highest BCUT2D eigenvalue weighted by atomic mass is 35.5. The van der Waals surface area contributed by atoms with E-state index in [4.69, 9.17) is 4.98 Å². The van der Waals surface area contributed by atoms with Gasteiger partial charge in [-0.15, -0.1) is 24.2 Å². The number of halogens is 1. The van der Waals surface area contributed by atoms with E-state index in [2.05, 4.69) is 30.9 Å². The standard InChI is InChI=1S/C21H25N3OS2.ClH/c1-5-26-17-11-7-6-10-16(17)20(25)24(14-13-23(3)4)21-22-19-15(2)9-8-12-18(19)27-21;/h6-12H,5,13-14H2,1-4H3;1H. The number of benzene rings is 2. The average molecular weight is 436 g/mol. The smallest absolute Gasteiger partial charge is 0.261 e. The molecule has 7 heteroatoms. The summed E-state index contributed by atoms with van der Waals surface area (Å²) in [6.45, 7) is 5.55. The molecule has 1 amide bonds. The van der Waals surface area contributed by atoms with Crippen LogP contribution in [0.5, 0.6) is 0 Å². The molecule has 0 aliphatic rings. The van der Waals surface area contributed by atoms with Crippen molar-refractivity contribution in [1.29, 1.82) is 0 Å². The lowest BCUT2D eigenvalue weighted by atomic mass is 10.2. The molecule has 3 aromatic rings. The number of nitrogens with zero attached hydrogens (tertiary/aromatic N) is 3. The summed E-state index contributed by atoms with van der Waals surface area (Å²) in [6.07, 6.45) is 0. The number of aromatic nitrogens is 1. The Morgan fingerprint density at radius 3 is 2.54 bits per heavy atom. The summed E-state index contributed by atoms with van der Waals surface area (Å²) in [7, 11) is 4.04. The van der Waals surface area contributed by atoms with Gasteiger partial charge >= 0.3 is 0 Å². The Bertz CT molecular complexity index is 942. The van der Waals surface area contributed by atoms with Crippen molar-refractivity contribution >= 4 is 56.8 Å². The van der Waals surface area contributed by atoms with Crippen LogP contribution in [-0.2, 0) is 0 Å². The molecule has 0 bridgehead atoms. The highest BCUT2D eigenvalue weighted by Crippen LogP contribution is 2.32. The summed E-state index contributed by atoms with van der Waals surface area (Å²) in [5, 5.41) is 0.766. The number of amides is 1. The van der Waals surface area contributed by atoms with Crippen molar-refractivity contribution in [2.24, 2.45) is 0 Å². The predicted octanol–water partition coefficient (Wildman–Crippen LogP) is 5.35. The van der Waals surface area contributed by atoms with Crippen LogP contribution in [0.2, 0.25) is 0 Å². The summed E-state index contributed by atoms with van der Waals surface area (Å²) < 4.78 is 1.11. The van der Waals surface area contributed by atoms with Gasteiger partial charge in [0.1, 0.15) is 0 Å². The Balaban J connectivity index is 0.00000280. The van der Waals surface area contributed by atoms with E-state index in [1.165, 1.54) is 0 Å². The molecule has 0 spiro atoms. The van der Waals surface area contributed by atoms with Gasteiger partial charge < -0.3 is 4.90 Å². The molecule has 0 unspecified atom stereocenters. The quantitative estimate of drug-likeness (QED) is 0.469. The molecule has 0 N–H and O–H groups in total. The SMILES string of the molecule is CCSc1ccccc1C(=O)N(CCN(C)C)c1nc2c(C)cccc2s1.Cl. The van der Waals surface area contributed by atoms with Gasteiger partial charge in [0.05, 0.1) is 15.8 Å². The van der Waals surface area contributed by atoms with E-state index >= 15 is 0 Å². The van der Waals surface area contributed by atoms with Crippen LogP contribution in [0.4, 0.5) is 5.13 Å². The lowest BCUT2D eigenvalue weighted by Gasteiger charge is -2.23. The topological polar surface area (TPSA) is 36.4 Å². The van der Waals surface area contributed by atoms with Crippen molar-refractivity contribution in [2.75, 3.05) is 37.8 Å². The summed E-state index contributed by atoms with van der Waals surface area (Å²) in [5.74, 6) is 0.951. The van der Waals surface area contributed by atoms with Crippen LogP contribution in [0.15, 0.2) is 47.4 Å². The first-order chi connectivity index (χ1) is 13.0. The van der Waals surface area contributed by atoms with Crippen molar-refractivity contribution in [2.45, 2.75) is 18.7 Å². The number of rotatable bonds is 7. The lowest BCUT2D eigenvalue weighted by molar-refractivity contribution is 0.0982. The molecule has 4 nitrogen and oxygen atoms in total. The number of fused-ring (bicyclic) bond motifs is 1. The molecule has 0 aliphatic heterocycles. The Kier molecular flexibility index (Phi) is 8.31. The number of carbonyl (C=O) groups excluding carboxylic acids is 1. The van der Waals surface area contributed by atoms with Crippen LogP contribution in [0.1, 0.15) is 22.8 Å². The normalized spacial score (nSPS) is 10.9. The maximum Gasteiger partial charge on any atom is 0.261 e. The third-order valence-electron chi connectivity index (χ3n) is 4.27. The van der Waals surface area contributed by atoms with Crippen molar-refractivity contribution in [1.82, 2.24) is 9.88 Å². The first-order valence-electron chi connectivity index (χ1n) is 9.05. The Morgan fingerprint density at radius 1 is 1.11 bits per heavy atom. The van der Waals surface area contributed by atoms with Gasteiger partial charge in [-0.25, -0.2) is 4.98 Å². The average Bonchev–Trinajstić information content (AvgIpc) is 3.07. The second kappa shape index (κ2) is 10.3. The van der Waals surface area contributed by atoms with Gasteiger partial charge in [0, 0.05) is 18.0 Å². The highest BCUT2D eigenvalue weighted by Gasteiger charge is 2.23. The molecule has 3 rings (SSSR count). The van der Waals surface area contributed by atoms with Gasteiger partial charge in [-0.2, -0.15) is 0 Å². The third-order valence-corrected chi connectivity index (χ3v) is 6.27. The minimum absolute atomic E-state index is 0. The van der Waals surface area contributed by atoms with Gasteiger partial charge in [0.2, 0.25) is 0 Å². The van der Waals surface area contributed by atoms with Gasteiger partial charge in [0.25, 0.3) is 5.91 Å². The van der Waals surface area contributed by atoms with Crippen LogP contribution in [0.3, 0.4) is 0 Å². The molecule has 28 heavy (non-hydrogen) atoms. The molecule has 0 atom stereocenters. The predicted molar refractivity (Wildman–Crippen MR) is 125 cm³/mol. The zero-order valence-corrected chi connectivity index (χ0v) is 19.1. The van der Waals surface area contributed by atoms with Crippen molar-refractivity contribution < 1.29 is 4.79 Å². The van der Waals surface area contributed by atoms with E-state index < -0.39 is 0 Å². The molecule has 150 valence electrons. The summed E-state index contributed by atoms with van der Waals surface area (Å²) in [5.41, 5.74) is 2.87. The largest absolute Gasteiger partial charge is 0.308 e. The van der Waals surface area contributed by atoms with Crippen LogP contribution in [0.25, 0.3) is 10.2 Å². The highest BCUT2D eigenvalue weighted by molar-refractivity contribution is 7.99. The number of para-hydroxylation sites is 1. The van der Waals surface area contributed by atoms with Crippen LogP contribution in [-0.4, -0.2) is 48.7 Å². The molecule has 0 radical (unpaired) electrons. The van der Waals surface area contributed by atoms with Crippen molar-refractivity contribution in [3.8, 4) is 0 Å². The fourth-order valence-electron chi connectivity index (χ4n) is 2.84. The van der Waals surface area contributed by atoms with Crippen molar-refractivity contribution in [3.63, 3.8) is 0 Å². The number of anilines is 1. The number of thiazole rings is 1.